The fourth-order valence-corrected chi connectivity index (χ4v) is 4.01. The minimum absolute atomic E-state index is 0.0414. The Morgan fingerprint density at radius 1 is 1.28 bits per heavy atom. The Kier molecular flexibility index (Phi) is 5.27. The molecule has 8 nitrogen and oxygen atoms in total. The van der Waals surface area contributed by atoms with Crippen LogP contribution in [0, 0.1) is 5.82 Å². The Hall–Kier alpha value is -2.88. The van der Waals surface area contributed by atoms with Gasteiger partial charge in [0.2, 0.25) is 5.95 Å². The summed E-state index contributed by atoms with van der Waals surface area (Å²) in [6.45, 7) is 0. The molecule has 0 amide bonds. The van der Waals surface area contributed by atoms with Crippen molar-refractivity contribution in [3.63, 3.8) is 0 Å². The maximum atomic E-state index is 13.2. The van der Waals surface area contributed by atoms with Gasteiger partial charge in [-0.2, -0.15) is 10.1 Å². The first kappa shape index (κ1) is 19.4. The molecule has 150 valence electrons. The molecule has 1 aromatic carbocycles. The van der Waals surface area contributed by atoms with Gasteiger partial charge in [-0.1, -0.05) is 28.8 Å². The lowest BCUT2D eigenvalue weighted by atomic mass is 10.2. The van der Waals surface area contributed by atoms with Crippen LogP contribution in [0.2, 0.25) is 0 Å². The molecular formula is C19H18BrFN6O2. The van der Waals surface area contributed by atoms with Gasteiger partial charge in [0.25, 0.3) is 0 Å². The van der Waals surface area contributed by atoms with Crippen molar-refractivity contribution < 1.29 is 4.39 Å². The summed E-state index contributed by atoms with van der Waals surface area (Å²) in [4.78, 5) is 33.6. The molecule has 4 rings (SSSR count). The molecule has 3 aromatic rings. The molecule has 2 aromatic heterocycles. The monoisotopic (exact) mass is 460 g/mol. The van der Waals surface area contributed by atoms with E-state index in [2.05, 4.69) is 36.4 Å². The van der Waals surface area contributed by atoms with E-state index in [0.717, 1.165) is 25.7 Å². The van der Waals surface area contributed by atoms with Crippen molar-refractivity contribution in [2.24, 2.45) is 12.1 Å². The van der Waals surface area contributed by atoms with Gasteiger partial charge in [-0.3, -0.25) is 14.2 Å². The number of aromatic nitrogens is 4. The maximum Gasteiger partial charge on any atom is 0.318 e. The second kappa shape index (κ2) is 7.86. The number of anilines is 1. The van der Waals surface area contributed by atoms with Gasteiger partial charge in [-0.25, -0.2) is 14.8 Å². The molecule has 1 saturated carbocycles. The lowest BCUT2D eigenvalue weighted by Gasteiger charge is -2.17. The van der Waals surface area contributed by atoms with Crippen molar-refractivity contribution in [1.29, 1.82) is 0 Å². The second-order valence-electron chi connectivity index (χ2n) is 6.92. The summed E-state index contributed by atoms with van der Waals surface area (Å²) < 4.78 is 16.5. The third kappa shape index (κ3) is 3.71. The average Bonchev–Trinajstić information content (AvgIpc) is 3.22. The number of benzene rings is 1. The molecule has 1 aliphatic carbocycles. The van der Waals surface area contributed by atoms with Crippen LogP contribution in [0.1, 0.15) is 37.3 Å². The first-order chi connectivity index (χ1) is 14.0. The van der Waals surface area contributed by atoms with Gasteiger partial charge in [-0.05, 0) is 31.0 Å². The number of hydrogen-bond donors (Lipinski definition) is 1. The molecule has 1 N–H and O–H groups in total. The van der Waals surface area contributed by atoms with Gasteiger partial charge in [0.05, 0.1) is 12.4 Å². The van der Waals surface area contributed by atoms with Gasteiger partial charge in [0.15, 0.2) is 5.65 Å². The van der Waals surface area contributed by atoms with E-state index in [1.54, 1.807) is 6.07 Å². The van der Waals surface area contributed by atoms with Crippen molar-refractivity contribution in [2.75, 3.05) is 5.43 Å². The normalized spacial score (nSPS) is 14.9. The Bertz CT molecular complexity index is 1230. The van der Waals surface area contributed by atoms with E-state index < -0.39 is 11.1 Å². The van der Waals surface area contributed by atoms with Crippen LogP contribution in [-0.2, 0) is 7.05 Å². The Morgan fingerprint density at radius 3 is 2.76 bits per heavy atom. The van der Waals surface area contributed by atoms with Crippen LogP contribution in [0.4, 0.5) is 10.3 Å². The van der Waals surface area contributed by atoms with Crippen LogP contribution in [0.25, 0.3) is 11.2 Å². The molecular weight excluding hydrogens is 443 g/mol. The smallest absolute Gasteiger partial charge is 0.303 e. The van der Waals surface area contributed by atoms with E-state index in [-0.39, 0.29) is 17.8 Å². The van der Waals surface area contributed by atoms with Gasteiger partial charge in [-0.15, -0.1) is 0 Å². The Balaban J connectivity index is 1.72. The van der Waals surface area contributed by atoms with Crippen LogP contribution < -0.4 is 16.5 Å². The van der Waals surface area contributed by atoms with Crippen LogP contribution in [-0.4, -0.2) is 25.3 Å². The van der Waals surface area contributed by atoms with Crippen LogP contribution >= 0.6 is 15.9 Å². The topological polar surface area (TPSA) is 94.2 Å². The van der Waals surface area contributed by atoms with E-state index in [1.165, 1.54) is 40.7 Å². The summed E-state index contributed by atoms with van der Waals surface area (Å²) >= 11 is 3.28. The van der Waals surface area contributed by atoms with Gasteiger partial charge >= 0.3 is 11.1 Å². The highest BCUT2D eigenvalue weighted by molar-refractivity contribution is 9.10. The SMILES string of the molecule is Cn1c(=O)c(=O)n(C2CCCC2)c2nc(N/N=C/c3ccc(F)cc3Br)ncc21. The van der Waals surface area contributed by atoms with Crippen LogP contribution in [0.3, 0.4) is 0 Å². The first-order valence-electron chi connectivity index (χ1n) is 9.18. The molecule has 2 heterocycles. The lowest BCUT2D eigenvalue weighted by molar-refractivity contribution is 0.507. The van der Waals surface area contributed by atoms with Gasteiger partial charge in [0.1, 0.15) is 11.3 Å². The number of halogens is 2. The van der Waals surface area contributed by atoms with E-state index in [9.17, 15) is 14.0 Å². The number of rotatable bonds is 4. The predicted octanol–water partition coefficient (Wildman–Crippen LogP) is 2.95. The molecule has 0 unspecified atom stereocenters. The number of hydrazone groups is 1. The molecule has 1 aliphatic rings. The number of nitrogens with one attached hydrogen (secondary N) is 1. The summed E-state index contributed by atoms with van der Waals surface area (Å²) in [7, 11) is 1.53. The van der Waals surface area contributed by atoms with Crippen molar-refractivity contribution in [3.05, 3.63) is 61.0 Å². The summed E-state index contributed by atoms with van der Waals surface area (Å²) in [5.41, 5.74) is 3.12. The van der Waals surface area contributed by atoms with Crippen molar-refractivity contribution in [3.8, 4) is 0 Å². The van der Waals surface area contributed by atoms with E-state index >= 15 is 0 Å². The minimum Gasteiger partial charge on any atom is -0.303 e. The molecule has 0 spiro atoms. The zero-order valence-corrected chi connectivity index (χ0v) is 17.2. The standard InChI is InChI=1S/C19H18BrFN6O2/c1-26-15-10-22-19(25-23-9-11-6-7-12(21)8-14(11)20)24-16(15)27(18(29)17(26)28)13-4-2-3-5-13/h6-10,13H,2-5H2,1H3,(H,22,24,25)/b23-9+. The van der Waals surface area contributed by atoms with E-state index in [0.29, 0.717) is 21.2 Å². The molecule has 0 bridgehead atoms. The second-order valence-corrected chi connectivity index (χ2v) is 7.77. The van der Waals surface area contributed by atoms with Gasteiger partial charge < -0.3 is 4.57 Å². The number of nitrogens with zero attached hydrogens (tertiary/aromatic N) is 5. The fourth-order valence-electron chi connectivity index (χ4n) is 3.55. The molecule has 29 heavy (non-hydrogen) atoms. The van der Waals surface area contributed by atoms with Crippen LogP contribution in [0.5, 0.6) is 0 Å². The third-order valence-corrected chi connectivity index (χ3v) is 5.75. The van der Waals surface area contributed by atoms with E-state index in [1.807, 2.05) is 0 Å². The molecule has 0 saturated heterocycles. The Labute approximate surface area is 173 Å². The Morgan fingerprint density at radius 2 is 2.03 bits per heavy atom. The van der Waals surface area contributed by atoms with Crippen molar-refractivity contribution in [2.45, 2.75) is 31.7 Å². The molecule has 0 atom stereocenters. The van der Waals surface area contributed by atoms with Crippen molar-refractivity contribution >= 4 is 39.3 Å². The molecule has 0 radical (unpaired) electrons. The predicted molar refractivity (Wildman–Crippen MR) is 112 cm³/mol. The highest BCUT2D eigenvalue weighted by atomic mass is 79.9. The summed E-state index contributed by atoms with van der Waals surface area (Å²) in [6.07, 6.45) is 6.71. The largest absolute Gasteiger partial charge is 0.318 e. The number of fused-ring (bicyclic) bond motifs is 1. The minimum atomic E-state index is -0.590. The first-order valence-corrected chi connectivity index (χ1v) is 9.97. The maximum absolute atomic E-state index is 13.2. The lowest BCUT2D eigenvalue weighted by Crippen LogP contribution is -2.42. The number of hydrogen-bond acceptors (Lipinski definition) is 6. The zero-order valence-electron chi connectivity index (χ0n) is 15.6. The average molecular weight is 461 g/mol. The fraction of sp³-hybridized carbons (Fsp3) is 0.316. The number of aryl methyl sites for hydroxylation is 1. The highest BCUT2D eigenvalue weighted by Gasteiger charge is 2.23. The van der Waals surface area contributed by atoms with Gasteiger partial charge in [0, 0.05) is 23.1 Å². The zero-order chi connectivity index (χ0) is 20.5. The van der Waals surface area contributed by atoms with Crippen LogP contribution in [0.15, 0.2) is 43.6 Å². The summed E-state index contributed by atoms with van der Waals surface area (Å²) in [6, 6.07) is 4.22. The summed E-state index contributed by atoms with van der Waals surface area (Å²) in [5, 5.41) is 4.09. The van der Waals surface area contributed by atoms with Crippen molar-refractivity contribution in [1.82, 2.24) is 19.1 Å². The molecule has 10 heteroatoms. The molecule has 1 fully saturated rings. The third-order valence-electron chi connectivity index (χ3n) is 5.07. The summed E-state index contributed by atoms with van der Waals surface area (Å²) in [5.74, 6) is -0.160. The molecule has 0 aliphatic heterocycles. The quantitative estimate of drug-likeness (QED) is 0.366. The highest BCUT2D eigenvalue weighted by Crippen LogP contribution is 2.29. The van der Waals surface area contributed by atoms with E-state index in [4.69, 9.17) is 0 Å².